The Balaban J connectivity index is 0.00000300. The Morgan fingerprint density at radius 1 is 1.03 bits per heavy atom. The van der Waals surface area contributed by atoms with Crippen molar-refractivity contribution in [1.29, 1.82) is 0 Å². The highest BCUT2D eigenvalue weighted by molar-refractivity contribution is 14.1. The van der Waals surface area contributed by atoms with Gasteiger partial charge in [0.25, 0.3) is 10.5 Å². The number of fused-ring (bicyclic) bond motifs is 1. The van der Waals surface area contributed by atoms with E-state index in [9.17, 15) is 0 Å². The Labute approximate surface area is 208 Å². The van der Waals surface area contributed by atoms with E-state index in [-0.39, 0.29) is 24.0 Å². The zero-order chi connectivity index (χ0) is 19.9. The van der Waals surface area contributed by atoms with Gasteiger partial charge >= 0.3 is 0 Å². The van der Waals surface area contributed by atoms with E-state index in [4.69, 9.17) is 4.74 Å². The molecular weight excluding hydrogens is 606 g/mol. The Bertz CT molecular complexity index is 936. The average molecular weight is 634 g/mol. The third-order valence-corrected chi connectivity index (χ3v) is 6.65. The molecule has 29 heavy (non-hydrogen) atoms. The summed E-state index contributed by atoms with van der Waals surface area (Å²) in [5.74, 6) is 0.956. The topological polar surface area (TPSA) is 16.4 Å². The highest BCUT2D eigenvalue weighted by Gasteiger charge is 2.22. The van der Waals surface area contributed by atoms with Gasteiger partial charge in [-0.2, -0.15) is 4.57 Å². The van der Waals surface area contributed by atoms with Crippen LogP contribution in [0.15, 0.2) is 42.5 Å². The molecule has 6 heteroatoms. The number of benzene rings is 2. The molecule has 0 atom stereocenters. The van der Waals surface area contributed by atoms with Crippen molar-refractivity contribution < 1.29 is 33.3 Å². The lowest BCUT2D eigenvalue weighted by Crippen LogP contribution is -3.00. The van der Waals surface area contributed by atoms with Gasteiger partial charge in [0.1, 0.15) is 4.70 Å². The molecule has 0 spiro atoms. The summed E-state index contributed by atoms with van der Waals surface area (Å²) >= 11 is 4.29. The molecule has 3 aromatic rings. The first-order valence-electron chi connectivity index (χ1n) is 9.65. The molecule has 2 aromatic carbocycles. The molecular formula is C23H28I2N2OS. The lowest BCUT2D eigenvalue weighted by atomic mass is 10.2. The second-order valence-electron chi connectivity index (χ2n) is 6.97. The quantitative estimate of drug-likeness (QED) is 0.156. The summed E-state index contributed by atoms with van der Waals surface area (Å²) in [5.41, 5.74) is 3.65. The summed E-state index contributed by atoms with van der Waals surface area (Å²) in [7, 11) is 5.89. The van der Waals surface area contributed by atoms with E-state index in [2.05, 4.69) is 101 Å². The number of ether oxygens (including phenoxy) is 1. The van der Waals surface area contributed by atoms with Crippen molar-refractivity contribution >= 4 is 62.0 Å². The zero-order valence-corrected chi connectivity index (χ0v) is 22.3. The Morgan fingerprint density at radius 3 is 2.45 bits per heavy atom. The monoisotopic (exact) mass is 634 g/mol. The molecule has 0 aliphatic carbocycles. The van der Waals surface area contributed by atoms with Gasteiger partial charge < -0.3 is 33.6 Å². The Hall–Kier alpha value is -0.870. The molecule has 0 radical (unpaired) electrons. The van der Waals surface area contributed by atoms with E-state index >= 15 is 0 Å². The van der Waals surface area contributed by atoms with Crippen LogP contribution in [0.25, 0.3) is 22.4 Å². The lowest BCUT2D eigenvalue weighted by Gasteiger charge is -2.11. The number of hydrogen-bond donors (Lipinski definition) is 0. The molecule has 0 N–H and O–H groups in total. The molecule has 156 valence electrons. The molecule has 1 aromatic heterocycles. The van der Waals surface area contributed by atoms with Crippen LogP contribution in [0.2, 0.25) is 0 Å². The van der Waals surface area contributed by atoms with E-state index in [1.54, 1.807) is 7.11 Å². The average Bonchev–Trinajstić information content (AvgIpc) is 3.07. The number of anilines is 1. The molecule has 0 amide bonds. The van der Waals surface area contributed by atoms with Gasteiger partial charge in [0.2, 0.25) is 0 Å². The third-order valence-electron chi connectivity index (χ3n) is 4.78. The lowest BCUT2D eigenvalue weighted by molar-refractivity contribution is -0.669. The SMILES string of the molecule is COc1cccc2sc(/C=C/c3ccc(N(C)C)cc3)[n+](CCCCCI)c12.[I-]. The van der Waals surface area contributed by atoms with Crippen molar-refractivity contribution in [1.82, 2.24) is 0 Å². The van der Waals surface area contributed by atoms with Crippen LogP contribution in [0.5, 0.6) is 5.75 Å². The van der Waals surface area contributed by atoms with Gasteiger partial charge in [0.15, 0.2) is 12.3 Å². The van der Waals surface area contributed by atoms with Crippen LogP contribution in [0.3, 0.4) is 0 Å². The first kappa shape index (κ1) is 24.4. The van der Waals surface area contributed by atoms with E-state index in [1.165, 1.54) is 50.2 Å². The minimum absolute atomic E-state index is 0. The molecule has 0 unspecified atom stereocenters. The number of para-hydroxylation sites is 1. The number of alkyl halides is 1. The summed E-state index contributed by atoms with van der Waals surface area (Å²) in [5, 5.41) is 1.27. The molecule has 0 aliphatic heterocycles. The summed E-state index contributed by atoms with van der Waals surface area (Å²) in [6.07, 6.45) is 8.18. The third kappa shape index (κ3) is 6.30. The predicted molar refractivity (Wildman–Crippen MR) is 131 cm³/mol. The summed E-state index contributed by atoms with van der Waals surface area (Å²) < 4.78 is 10.6. The fourth-order valence-electron chi connectivity index (χ4n) is 3.23. The summed E-state index contributed by atoms with van der Waals surface area (Å²) in [6.45, 7) is 1.02. The first-order valence-corrected chi connectivity index (χ1v) is 12.0. The molecule has 1 heterocycles. The Morgan fingerprint density at radius 2 is 1.79 bits per heavy atom. The molecule has 0 aliphatic rings. The van der Waals surface area contributed by atoms with Crippen LogP contribution in [0.1, 0.15) is 29.8 Å². The maximum absolute atomic E-state index is 5.66. The molecule has 0 fully saturated rings. The van der Waals surface area contributed by atoms with Crippen molar-refractivity contribution in [2.24, 2.45) is 0 Å². The van der Waals surface area contributed by atoms with E-state index < -0.39 is 0 Å². The van der Waals surface area contributed by atoms with Crippen LogP contribution in [0, 0.1) is 0 Å². The predicted octanol–water partition coefficient (Wildman–Crippen LogP) is 3.04. The first-order chi connectivity index (χ1) is 13.6. The normalized spacial score (nSPS) is 11.0. The van der Waals surface area contributed by atoms with E-state index in [0.29, 0.717) is 0 Å². The molecule has 3 rings (SSSR count). The number of aryl methyl sites for hydroxylation is 1. The van der Waals surface area contributed by atoms with Crippen molar-refractivity contribution in [3.63, 3.8) is 0 Å². The van der Waals surface area contributed by atoms with Gasteiger partial charge in [0.05, 0.1) is 7.11 Å². The standard InChI is InChI=1S/C23H28IN2OS.HI/c1-25(2)19-13-10-18(11-14-19)12-15-22-26(17-6-4-5-16-24)23-20(27-3)8-7-9-21(23)28-22;/h7-15H,4-6,16-17H2,1-3H3;1H/q+1;/p-1. The van der Waals surface area contributed by atoms with Crippen molar-refractivity contribution in [3.05, 3.63) is 53.0 Å². The smallest absolute Gasteiger partial charge is 0.266 e. The highest BCUT2D eigenvalue weighted by Crippen LogP contribution is 2.29. The Kier molecular flexibility index (Phi) is 10.2. The van der Waals surface area contributed by atoms with E-state index in [0.717, 1.165) is 12.3 Å². The van der Waals surface area contributed by atoms with Crippen LogP contribution in [0.4, 0.5) is 5.69 Å². The van der Waals surface area contributed by atoms with Crippen molar-refractivity contribution in [2.75, 3.05) is 30.5 Å². The van der Waals surface area contributed by atoms with Crippen molar-refractivity contribution in [2.45, 2.75) is 25.8 Å². The maximum atomic E-state index is 5.66. The second-order valence-corrected chi connectivity index (χ2v) is 9.11. The molecule has 0 saturated carbocycles. The number of rotatable bonds is 9. The number of methoxy groups -OCH3 is 1. The largest absolute Gasteiger partial charge is 1.00 e. The summed E-state index contributed by atoms with van der Waals surface area (Å²) in [4.78, 5) is 2.12. The number of halogens is 2. The number of nitrogens with zero attached hydrogens (tertiary/aromatic N) is 2. The molecule has 0 saturated heterocycles. The minimum Gasteiger partial charge on any atom is -1.00 e. The fourth-order valence-corrected chi connectivity index (χ4v) is 4.88. The van der Waals surface area contributed by atoms with Crippen molar-refractivity contribution in [3.8, 4) is 5.75 Å². The van der Waals surface area contributed by atoms with Gasteiger partial charge in [-0.15, -0.1) is 0 Å². The molecule has 3 nitrogen and oxygen atoms in total. The number of aromatic nitrogens is 1. The van der Waals surface area contributed by atoms with Gasteiger partial charge in [0, 0.05) is 32.3 Å². The van der Waals surface area contributed by atoms with Crippen LogP contribution in [-0.2, 0) is 6.54 Å². The van der Waals surface area contributed by atoms with Gasteiger partial charge in [-0.25, -0.2) is 0 Å². The van der Waals surface area contributed by atoms with Crippen LogP contribution in [-0.4, -0.2) is 25.6 Å². The van der Waals surface area contributed by atoms with Gasteiger partial charge in [-0.3, -0.25) is 0 Å². The minimum atomic E-state index is 0. The fraction of sp³-hybridized carbons (Fsp3) is 0.348. The van der Waals surface area contributed by atoms with Gasteiger partial charge in [-0.05, 0) is 53.2 Å². The maximum Gasteiger partial charge on any atom is 0.266 e. The van der Waals surface area contributed by atoms with E-state index in [1.807, 2.05) is 11.3 Å². The second kappa shape index (κ2) is 12.1. The zero-order valence-electron chi connectivity index (χ0n) is 17.2. The van der Waals surface area contributed by atoms with Gasteiger partial charge in [-0.1, -0.05) is 52.1 Å². The highest BCUT2D eigenvalue weighted by atomic mass is 127. The van der Waals surface area contributed by atoms with Crippen LogP contribution >= 0.6 is 33.9 Å². The summed E-state index contributed by atoms with van der Waals surface area (Å²) in [6, 6.07) is 15.0. The van der Waals surface area contributed by atoms with Crippen LogP contribution < -0.4 is 38.2 Å². The number of unbranched alkanes of at least 4 members (excludes halogenated alkanes) is 2. The molecule has 0 bridgehead atoms. The number of hydrogen-bond acceptors (Lipinski definition) is 3. The number of thiazole rings is 1.